The molecule has 2 heterocycles. The van der Waals surface area contributed by atoms with Crippen molar-refractivity contribution in [1.29, 1.82) is 0 Å². The molecular weight excluding hydrogens is 280 g/mol. The monoisotopic (exact) mass is 308 g/mol. The zero-order valence-corrected chi connectivity index (χ0v) is 13.7. The third kappa shape index (κ3) is 3.72. The van der Waals surface area contributed by atoms with Gasteiger partial charge in [0.2, 0.25) is 5.91 Å². The van der Waals surface area contributed by atoms with E-state index in [1.165, 1.54) is 12.8 Å². The van der Waals surface area contributed by atoms with Crippen molar-refractivity contribution in [2.45, 2.75) is 39.2 Å². The number of amides is 3. The van der Waals surface area contributed by atoms with Gasteiger partial charge in [-0.2, -0.15) is 0 Å². The third-order valence-corrected chi connectivity index (χ3v) is 4.88. The van der Waals surface area contributed by atoms with E-state index in [-0.39, 0.29) is 23.4 Å². The van der Waals surface area contributed by atoms with E-state index in [2.05, 4.69) is 15.5 Å². The Labute approximate surface area is 132 Å². The lowest BCUT2D eigenvalue weighted by Gasteiger charge is -2.33. The van der Waals surface area contributed by atoms with Gasteiger partial charge >= 0.3 is 6.03 Å². The fourth-order valence-corrected chi connectivity index (χ4v) is 3.66. The van der Waals surface area contributed by atoms with Crippen LogP contribution in [0.25, 0.3) is 0 Å². The van der Waals surface area contributed by atoms with Gasteiger partial charge in [-0.3, -0.25) is 4.79 Å². The van der Waals surface area contributed by atoms with E-state index in [1.54, 1.807) is 0 Å². The van der Waals surface area contributed by atoms with E-state index in [0.717, 1.165) is 32.1 Å². The first-order valence-corrected chi connectivity index (χ1v) is 8.50. The minimum Gasteiger partial charge on any atom is -0.355 e. The van der Waals surface area contributed by atoms with Gasteiger partial charge in [0, 0.05) is 57.1 Å². The molecule has 6 nitrogen and oxygen atoms in total. The van der Waals surface area contributed by atoms with Crippen molar-refractivity contribution in [2.75, 3.05) is 39.3 Å². The summed E-state index contributed by atoms with van der Waals surface area (Å²) >= 11 is 0. The Morgan fingerprint density at radius 3 is 2.73 bits per heavy atom. The SMILES string of the molecule is CC(C)NC(=O)N1CCN(CC2CC2)CC2(CNC(=O)C2)C1. The molecule has 2 aliphatic heterocycles. The van der Waals surface area contributed by atoms with E-state index in [4.69, 9.17) is 0 Å². The summed E-state index contributed by atoms with van der Waals surface area (Å²) in [6.07, 6.45) is 3.20. The minimum absolute atomic E-state index is 0.00185. The number of hydrogen-bond acceptors (Lipinski definition) is 3. The molecule has 2 saturated heterocycles. The van der Waals surface area contributed by atoms with Gasteiger partial charge < -0.3 is 20.4 Å². The van der Waals surface area contributed by atoms with Crippen molar-refractivity contribution in [2.24, 2.45) is 11.3 Å². The van der Waals surface area contributed by atoms with Crippen molar-refractivity contribution in [3.8, 4) is 0 Å². The summed E-state index contributed by atoms with van der Waals surface area (Å²) in [5.74, 6) is 0.954. The van der Waals surface area contributed by atoms with Crippen LogP contribution in [0.2, 0.25) is 0 Å². The van der Waals surface area contributed by atoms with Crippen LogP contribution in [-0.4, -0.2) is 67.0 Å². The molecule has 1 aliphatic carbocycles. The maximum atomic E-state index is 12.4. The van der Waals surface area contributed by atoms with E-state index in [9.17, 15) is 9.59 Å². The van der Waals surface area contributed by atoms with Crippen LogP contribution in [0.1, 0.15) is 33.1 Å². The van der Waals surface area contributed by atoms with Gasteiger partial charge in [0.15, 0.2) is 0 Å². The van der Waals surface area contributed by atoms with Crippen LogP contribution in [-0.2, 0) is 4.79 Å². The largest absolute Gasteiger partial charge is 0.355 e. The first-order valence-electron chi connectivity index (χ1n) is 8.50. The van der Waals surface area contributed by atoms with Crippen LogP contribution in [0.3, 0.4) is 0 Å². The summed E-state index contributed by atoms with van der Waals surface area (Å²) in [5, 5.41) is 5.96. The smallest absolute Gasteiger partial charge is 0.317 e. The van der Waals surface area contributed by atoms with Crippen molar-refractivity contribution in [1.82, 2.24) is 20.4 Å². The number of rotatable bonds is 3. The molecule has 3 amide bonds. The Morgan fingerprint density at radius 2 is 2.14 bits per heavy atom. The van der Waals surface area contributed by atoms with Gasteiger partial charge in [0.05, 0.1) is 0 Å². The summed E-state index contributed by atoms with van der Waals surface area (Å²) in [6, 6.07) is 0.139. The average Bonchev–Trinajstić information content (AvgIpc) is 3.19. The molecule has 6 heteroatoms. The Kier molecular flexibility index (Phi) is 4.30. The minimum atomic E-state index is -0.114. The summed E-state index contributed by atoms with van der Waals surface area (Å²) in [7, 11) is 0. The molecule has 2 N–H and O–H groups in total. The predicted molar refractivity (Wildman–Crippen MR) is 84.5 cm³/mol. The van der Waals surface area contributed by atoms with Gasteiger partial charge in [-0.15, -0.1) is 0 Å². The fourth-order valence-electron chi connectivity index (χ4n) is 3.66. The normalized spacial score (nSPS) is 29.8. The van der Waals surface area contributed by atoms with E-state index in [0.29, 0.717) is 19.5 Å². The highest BCUT2D eigenvalue weighted by Crippen LogP contribution is 2.34. The second kappa shape index (κ2) is 6.07. The Bertz CT molecular complexity index is 449. The number of carbonyl (C=O) groups excluding carboxylic acids is 2. The second-order valence-electron chi connectivity index (χ2n) is 7.66. The molecule has 1 saturated carbocycles. The van der Waals surface area contributed by atoms with Gasteiger partial charge in [-0.05, 0) is 32.6 Å². The standard InChI is InChI=1S/C16H28N4O2/c1-12(2)18-15(22)20-6-5-19(8-13-3-4-13)10-16(11-20)7-14(21)17-9-16/h12-13H,3-11H2,1-2H3,(H,17,21)(H,18,22). The van der Waals surface area contributed by atoms with E-state index >= 15 is 0 Å². The zero-order chi connectivity index (χ0) is 15.7. The molecule has 3 rings (SSSR count). The molecule has 0 aromatic carbocycles. The van der Waals surface area contributed by atoms with Gasteiger partial charge in [-0.25, -0.2) is 4.79 Å². The first kappa shape index (κ1) is 15.6. The summed E-state index contributed by atoms with van der Waals surface area (Å²) in [5.41, 5.74) is -0.114. The van der Waals surface area contributed by atoms with Gasteiger partial charge in [0.25, 0.3) is 0 Å². The lowest BCUT2D eigenvalue weighted by molar-refractivity contribution is -0.119. The summed E-state index contributed by atoms with van der Waals surface area (Å²) in [4.78, 5) is 28.6. The van der Waals surface area contributed by atoms with E-state index in [1.807, 2.05) is 18.7 Å². The quantitative estimate of drug-likeness (QED) is 0.804. The Balaban J connectivity index is 1.71. The van der Waals surface area contributed by atoms with Crippen molar-refractivity contribution >= 4 is 11.9 Å². The number of nitrogens with one attached hydrogen (secondary N) is 2. The molecule has 0 radical (unpaired) electrons. The van der Waals surface area contributed by atoms with Gasteiger partial charge in [-0.1, -0.05) is 0 Å². The van der Waals surface area contributed by atoms with E-state index < -0.39 is 0 Å². The zero-order valence-electron chi connectivity index (χ0n) is 13.7. The van der Waals surface area contributed by atoms with Crippen molar-refractivity contribution in [3.05, 3.63) is 0 Å². The number of carbonyl (C=O) groups is 2. The highest BCUT2D eigenvalue weighted by Gasteiger charge is 2.44. The summed E-state index contributed by atoms with van der Waals surface area (Å²) in [6.45, 7) is 9.03. The van der Waals surface area contributed by atoms with Crippen LogP contribution < -0.4 is 10.6 Å². The topological polar surface area (TPSA) is 64.7 Å². The van der Waals surface area contributed by atoms with Gasteiger partial charge in [0.1, 0.15) is 0 Å². The maximum Gasteiger partial charge on any atom is 0.317 e. The molecule has 3 aliphatic rings. The molecule has 0 aromatic rings. The molecule has 1 atom stereocenters. The number of nitrogens with zero attached hydrogens (tertiary/aromatic N) is 2. The van der Waals surface area contributed by atoms with Crippen LogP contribution in [0.15, 0.2) is 0 Å². The molecule has 124 valence electrons. The molecule has 1 spiro atoms. The fraction of sp³-hybridized carbons (Fsp3) is 0.875. The maximum absolute atomic E-state index is 12.4. The highest BCUT2D eigenvalue weighted by molar-refractivity contribution is 5.80. The Morgan fingerprint density at radius 1 is 1.36 bits per heavy atom. The summed E-state index contributed by atoms with van der Waals surface area (Å²) < 4.78 is 0. The number of urea groups is 1. The highest BCUT2D eigenvalue weighted by atomic mass is 16.2. The predicted octanol–water partition coefficient (Wildman–Crippen LogP) is 0.638. The lowest BCUT2D eigenvalue weighted by atomic mass is 9.86. The first-order chi connectivity index (χ1) is 10.5. The van der Waals surface area contributed by atoms with Crippen LogP contribution in [0.5, 0.6) is 0 Å². The molecule has 0 bridgehead atoms. The average molecular weight is 308 g/mol. The second-order valence-corrected chi connectivity index (χ2v) is 7.66. The molecule has 0 aromatic heterocycles. The molecule has 3 fully saturated rings. The van der Waals surface area contributed by atoms with Crippen molar-refractivity contribution in [3.63, 3.8) is 0 Å². The van der Waals surface area contributed by atoms with Crippen LogP contribution in [0, 0.1) is 11.3 Å². The van der Waals surface area contributed by atoms with Crippen molar-refractivity contribution < 1.29 is 9.59 Å². The Hall–Kier alpha value is -1.30. The molecule has 1 unspecified atom stereocenters. The number of hydrogen-bond donors (Lipinski definition) is 2. The molecular formula is C16H28N4O2. The van der Waals surface area contributed by atoms with Crippen LogP contribution in [0.4, 0.5) is 4.79 Å². The van der Waals surface area contributed by atoms with Crippen LogP contribution >= 0.6 is 0 Å². The molecule has 22 heavy (non-hydrogen) atoms. The third-order valence-electron chi connectivity index (χ3n) is 4.88. The lowest BCUT2D eigenvalue weighted by Crippen LogP contribution is -2.48.